The van der Waals surface area contributed by atoms with Gasteiger partial charge in [-0.1, -0.05) is 0 Å². The number of hydrogen-bond donors (Lipinski definition) is 2. The first-order chi connectivity index (χ1) is 8.21. The van der Waals surface area contributed by atoms with Gasteiger partial charge >= 0.3 is 0 Å². The van der Waals surface area contributed by atoms with Crippen LogP contribution in [0.5, 0.6) is 11.5 Å². The van der Waals surface area contributed by atoms with Crippen LogP contribution in [0, 0.1) is 0 Å². The number of unbranched alkanes of at least 4 members (excludes halogenated alkanes) is 1. The lowest BCUT2D eigenvalue weighted by molar-refractivity contribution is 0.163. The number of benzene rings is 1. The number of ether oxygens (including phenoxy) is 2. The molecular weight excluding hydrogens is 218 g/mol. The van der Waals surface area contributed by atoms with E-state index in [4.69, 9.17) is 15.2 Å². The van der Waals surface area contributed by atoms with Gasteiger partial charge in [-0.2, -0.15) is 0 Å². The molecular formula is C13H21NO3. The molecule has 0 aliphatic rings. The molecule has 0 saturated heterocycles. The average Bonchev–Trinajstić information content (AvgIpc) is 2.38. The summed E-state index contributed by atoms with van der Waals surface area (Å²) in [6, 6.07) is 5.45. The zero-order chi connectivity index (χ0) is 12.7. The van der Waals surface area contributed by atoms with Crippen molar-refractivity contribution in [2.45, 2.75) is 25.4 Å². The number of rotatable bonds is 7. The van der Waals surface area contributed by atoms with Gasteiger partial charge < -0.3 is 20.3 Å². The third-order valence-electron chi connectivity index (χ3n) is 2.69. The summed E-state index contributed by atoms with van der Waals surface area (Å²) in [5.41, 5.74) is 6.24. The van der Waals surface area contributed by atoms with Gasteiger partial charge in [0.1, 0.15) is 11.5 Å². The fourth-order valence-corrected chi connectivity index (χ4v) is 1.67. The molecule has 1 rings (SSSR count). The van der Waals surface area contributed by atoms with Crippen LogP contribution in [0.4, 0.5) is 0 Å². The molecule has 0 aliphatic heterocycles. The third kappa shape index (κ3) is 4.24. The van der Waals surface area contributed by atoms with Crippen molar-refractivity contribution < 1.29 is 14.6 Å². The first kappa shape index (κ1) is 13.8. The van der Waals surface area contributed by atoms with E-state index in [1.54, 1.807) is 20.3 Å². The van der Waals surface area contributed by atoms with Crippen molar-refractivity contribution >= 4 is 0 Å². The molecule has 0 spiro atoms. The second-order valence-corrected chi connectivity index (χ2v) is 3.95. The molecule has 1 atom stereocenters. The highest BCUT2D eigenvalue weighted by Gasteiger charge is 2.10. The largest absolute Gasteiger partial charge is 0.497 e. The summed E-state index contributed by atoms with van der Waals surface area (Å²) in [6.07, 6.45) is 2.05. The summed E-state index contributed by atoms with van der Waals surface area (Å²) in [6.45, 7) is 0.661. The summed E-state index contributed by atoms with van der Waals surface area (Å²) < 4.78 is 10.3. The normalized spacial score (nSPS) is 12.2. The monoisotopic (exact) mass is 239 g/mol. The van der Waals surface area contributed by atoms with Gasteiger partial charge in [0.05, 0.1) is 20.3 Å². The van der Waals surface area contributed by atoms with E-state index in [1.807, 2.05) is 12.1 Å². The van der Waals surface area contributed by atoms with Crippen molar-refractivity contribution in [2.24, 2.45) is 5.73 Å². The highest BCUT2D eigenvalue weighted by atomic mass is 16.5. The number of hydrogen-bond acceptors (Lipinski definition) is 4. The Kier molecular flexibility index (Phi) is 5.80. The van der Waals surface area contributed by atoms with Crippen LogP contribution >= 0.6 is 0 Å². The van der Waals surface area contributed by atoms with E-state index in [1.165, 1.54) is 0 Å². The Morgan fingerprint density at radius 3 is 2.18 bits per heavy atom. The topological polar surface area (TPSA) is 64.7 Å². The molecule has 0 aromatic heterocycles. The quantitative estimate of drug-likeness (QED) is 0.713. The Morgan fingerprint density at radius 1 is 1.12 bits per heavy atom. The summed E-state index contributed by atoms with van der Waals surface area (Å²) in [4.78, 5) is 0. The van der Waals surface area contributed by atoms with Gasteiger partial charge in [0.2, 0.25) is 0 Å². The minimum atomic E-state index is -0.495. The Morgan fingerprint density at radius 2 is 1.71 bits per heavy atom. The maximum atomic E-state index is 10.0. The van der Waals surface area contributed by atoms with Crippen LogP contribution in [0.15, 0.2) is 18.2 Å². The minimum Gasteiger partial charge on any atom is -0.497 e. The molecule has 96 valence electrons. The molecule has 0 amide bonds. The molecule has 4 heteroatoms. The zero-order valence-corrected chi connectivity index (χ0v) is 10.5. The lowest BCUT2D eigenvalue weighted by Gasteiger charge is -2.13. The molecule has 0 saturated carbocycles. The van der Waals surface area contributed by atoms with E-state index in [-0.39, 0.29) is 0 Å². The van der Waals surface area contributed by atoms with Gasteiger partial charge in [0.25, 0.3) is 0 Å². The van der Waals surface area contributed by atoms with Crippen molar-refractivity contribution in [1.82, 2.24) is 0 Å². The van der Waals surface area contributed by atoms with E-state index in [2.05, 4.69) is 0 Å². The lowest BCUT2D eigenvalue weighted by atomic mass is 10.0. The van der Waals surface area contributed by atoms with Gasteiger partial charge in [-0.05, 0) is 43.5 Å². The molecule has 0 heterocycles. The molecule has 17 heavy (non-hydrogen) atoms. The van der Waals surface area contributed by atoms with Crippen LogP contribution in [0.25, 0.3) is 0 Å². The molecule has 4 nitrogen and oxygen atoms in total. The van der Waals surface area contributed by atoms with Gasteiger partial charge in [0, 0.05) is 6.07 Å². The highest BCUT2D eigenvalue weighted by molar-refractivity contribution is 5.39. The summed E-state index contributed by atoms with van der Waals surface area (Å²) in [5.74, 6) is 1.38. The van der Waals surface area contributed by atoms with Crippen LogP contribution in [0.1, 0.15) is 30.9 Å². The molecule has 0 radical (unpaired) electrons. The zero-order valence-electron chi connectivity index (χ0n) is 10.5. The van der Waals surface area contributed by atoms with Crippen molar-refractivity contribution in [3.63, 3.8) is 0 Å². The molecule has 0 fully saturated rings. The first-order valence-electron chi connectivity index (χ1n) is 5.82. The predicted octanol–water partition coefficient (Wildman–Crippen LogP) is 1.87. The predicted molar refractivity (Wildman–Crippen MR) is 67.4 cm³/mol. The van der Waals surface area contributed by atoms with Crippen molar-refractivity contribution in [3.05, 3.63) is 23.8 Å². The molecule has 1 aromatic carbocycles. The van der Waals surface area contributed by atoms with Crippen LogP contribution in [0.2, 0.25) is 0 Å². The minimum absolute atomic E-state index is 0.495. The van der Waals surface area contributed by atoms with Gasteiger partial charge in [-0.25, -0.2) is 0 Å². The smallest absolute Gasteiger partial charge is 0.122 e. The van der Waals surface area contributed by atoms with Crippen molar-refractivity contribution in [1.29, 1.82) is 0 Å². The number of aliphatic hydroxyl groups excluding tert-OH is 1. The van der Waals surface area contributed by atoms with Crippen molar-refractivity contribution in [3.8, 4) is 11.5 Å². The van der Waals surface area contributed by atoms with Crippen LogP contribution in [-0.2, 0) is 0 Å². The van der Waals surface area contributed by atoms with Crippen LogP contribution in [-0.4, -0.2) is 25.9 Å². The van der Waals surface area contributed by atoms with E-state index in [9.17, 15) is 5.11 Å². The number of methoxy groups -OCH3 is 2. The van der Waals surface area contributed by atoms with E-state index < -0.39 is 6.10 Å². The fraction of sp³-hybridized carbons (Fsp3) is 0.538. The van der Waals surface area contributed by atoms with E-state index in [0.29, 0.717) is 24.5 Å². The fourth-order valence-electron chi connectivity index (χ4n) is 1.67. The molecule has 1 unspecified atom stereocenters. The third-order valence-corrected chi connectivity index (χ3v) is 2.69. The molecule has 3 N–H and O–H groups in total. The number of aliphatic hydroxyl groups is 1. The average molecular weight is 239 g/mol. The van der Waals surface area contributed by atoms with Gasteiger partial charge in [-0.15, -0.1) is 0 Å². The lowest BCUT2D eigenvalue weighted by Crippen LogP contribution is -2.02. The first-order valence-corrected chi connectivity index (χ1v) is 5.82. The second kappa shape index (κ2) is 7.14. The van der Waals surface area contributed by atoms with Gasteiger partial charge in [0.15, 0.2) is 0 Å². The van der Waals surface area contributed by atoms with Gasteiger partial charge in [-0.3, -0.25) is 0 Å². The molecule has 0 bridgehead atoms. The second-order valence-electron chi connectivity index (χ2n) is 3.95. The maximum absolute atomic E-state index is 10.0. The molecule has 1 aromatic rings. The SMILES string of the molecule is COc1cc(OC)cc(C(O)CCCCN)c1. The Bertz CT molecular complexity index is 319. The maximum Gasteiger partial charge on any atom is 0.122 e. The Hall–Kier alpha value is -1.26. The summed E-state index contributed by atoms with van der Waals surface area (Å²) in [7, 11) is 3.19. The Labute approximate surface area is 102 Å². The van der Waals surface area contributed by atoms with Crippen molar-refractivity contribution in [2.75, 3.05) is 20.8 Å². The standard InChI is InChI=1S/C13H21NO3/c1-16-11-7-10(8-12(9-11)17-2)13(15)5-3-4-6-14/h7-9,13,15H,3-6,14H2,1-2H3. The van der Waals surface area contributed by atoms with Crippen LogP contribution in [0.3, 0.4) is 0 Å². The van der Waals surface area contributed by atoms with Crippen LogP contribution < -0.4 is 15.2 Å². The van der Waals surface area contributed by atoms with E-state index >= 15 is 0 Å². The van der Waals surface area contributed by atoms with E-state index in [0.717, 1.165) is 18.4 Å². The summed E-state index contributed by atoms with van der Waals surface area (Å²) >= 11 is 0. The highest BCUT2D eigenvalue weighted by Crippen LogP contribution is 2.28. The summed E-state index contributed by atoms with van der Waals surface area (Å²) in [5, 5.41) is 10.0. The molecule has 0 aliphatic carbocycles. The number of nitrogens with two attached hydrogens (primary N) is 1. The Balaban J connectivity index is 2.73.